The number of hydrogen-bond acceptors (Lipinski definition) is 3. The van der Waals surface area contributed by atoms with Gasteiger partial charge in [-0.3, -0.25) is 4.98 Å². The SMILES string of the molecule is OCc1ccc(-c2ccc(OC(F)(F)F)cc2)nc1. The molecule has 6 heteroatoms. The Labute approximate surface area is 107 Å². The van der Waals surface area contributed by atoms with Crippen molar-refractivity contribution >= 4 is 0 Å². The Balaban J connectivity index is 2.17. The van der Waals surface area contributed by atoms with Crippen LogP contribution in [-0.2, 0) is 6.61 Å². The van der Waals surface area contributed by atoms with Crippen molar-refractivity contribution in [2.75, 3.05) is 0 Å². The van der Waals surface area contributed by atoms with E-state index >= 15 is 0 Å². The lowest BCUT2D eigenvalue weighted by Gasteiger charge is -2.09. The maximum atomic E-state index is 12.0. The highest BCUT2D eigenvalue weighted by atomic mass is 19.4. The van der Waals surface area contributed by atoms with Gasteiger partial charge >= 0.3 is 6.36 Å². The Bertz CT molecular complexity index is 535. The Morgan fingerprint density at radius 2 is 1.74 bits per heavy atom. The predicted molar refractivity (Wildman–Crippen MR) is 62.3 cm³/mol. The second-order valence-corrected chi connectivity index (χ2v) is 3.78. The first-order chi connectivity index (χ1) is 8.98. The van der Waals surface area contributed by atoms with Crippen LogP contribution in [0.3, 0.4) is 0 Å². The van der Waals surface area contributed by atoms with Crippen molar-refractivity contribution in [1.29, 1.82) is 0 Å². The van der Waals surface area contributed by atoms with E-state index in [2.05, 4.69) is 9.72 Å². The fraction of sp³-hybridized carbons (Fsp3) is 0.154. The van der Waals surface area contributed by atoms with Crippen LogP contribution in [0.5, 0.6) is 5.75 Å². The second-order valence-electron chi connectivity index (χ2n) is 3.78. The van der Waals surface area contributed by atoms with Crippen molar-refractivity contribution < 1.29 is 23.0 Å². The number of hydrogen-bond donors (Lipinski definition) is 1. The van der Waals surface area contributed by atoms with Crippen LogP contribution in [0.15, 0.2) is 42.6 Å². The maximum Gasteiger partial charge on any atom is 0.573 e. The highest BCUT2D eigenvalue weighted by Crippen LogP contribution is 2.25. The molecule has 0 unspecified atom stereocenters. The fourth-order valence-corrected chi connectivity index (χ4v) is 1.52. The molecule has 0 fully saturated rings. The molecule has 1 N–H and O–H groups in total. The number of rotatable bonds is 3. The molecule has 0 atom stereocenters. The zero-order chi connectivity index (χ0) is 13.9. The second kappa shape index (κ2) is 5.27. The van der Waals surface area contributed by atoms with Gasteiger partial charge in [-0.25, -0.2) is 0 Å². The average Bonchev–Trinajstić information content (AvgIpc) is 2.38. The van der Waals surface area contributed by atoms with E-state index in [1.54, 1.807) is 12.1 Å². The van der Waals surface area contributed by atoms with Gasteiger partial charge in [0.2, 0.25) is 0 Å². The summed E-state index contributed by atoms with van der Waals surface area (Å²) < 4.78 is 39.7. The van der Waals surface area contributed by atoms with Gasteiger partial charge in [-0.05, 0) is 35.9 Å². The molecule has 19 heavy (non-hydrogen) atoms. The number of ether oxygens (including phenoxy) is 1. The topological polar surface area (TPSA) is 42.4 Å². The fourth-order valence-electron chi connectivity index (χ4n) is 1.52. The van der Waals surface area contributed by atoms with Crippen molar-refractivity contribution in [3.8, 4) is 17.0 Å². The molecular weight excluding hydrogens is 259 g/mol. The van der Waals surface area contributed by atoms with Gasteiger partial charge in [0.25, 0.3) is 0 Å². The highest BCUT2D eigenvalue weighted by molar-refractivity contribution is 5.60. The predicted octanol–water partition coefficient (Wildman–Crippen LogP) is 3.14. The first kappa shape index (κ1) is 13.4. The molecule has 0 saturated heterocycles. The lowest BCUT2D eigenvalue weighted by atomic mass is 10.1. The van der Waals surface area contributed by atoms with Gasteiger partial charge in [-0.15, -0.1) is 13.2 Å². The van der Waals surface area contributed by atoms with Crippen molar-refractivity contribution in [2.24, 2.45) is 0 Å². The van der Waals surface area contributed by atoms with Crippen LogP contribution in [0.1, 0.15) is 5.56 Å². The number of pyridine rings is 1. The van der Waals surface area contributed by atoms with Crippen LogP contribution in [0.2, 0.25) is 0 Å². The molecule has 0 bridgehead atoms. The zero-order valence-electron chi connectivity index (χ0n) is 9.69. The van der Waals surface area contributed by atoms with Gasteiger partial charge in [-0.2, -0.15) is 0 Å². The minimum atomic E-state index is -4.69. The molecule has 2 rings (SSSR count). The first-order valence-electron chi connectivity index (χ1n) is 5.40. The third-order valence-electron chi connectivity index (χ3n) is 2.39. The summed E-state index contributed by atoms with van der Waals surface area (Å²) in [5.74, 6) is -0.275. The number of alkyl halides is 3. The molecule has 0 aliphatic carbocycles. The summed E-state index contributed by atoms with van der Waals surface area (Å²) in [5, 5.41) is 8.88. The number of aliphatic hydroxyl groups excluding tert-OH is 1. The molecule has 1 aromatic carbocycles. The largest absolute Gasteiger partial charge is 0.573 e. The smallest absolute Gasteiger partial charge is 0.406 e. The van der Waals surface area contributed by atoms with E-state index in [0.717, 1.165) is 0 Å². The summed E-state index contributed by atoms with van der Waals surface area (Å²) in [7, 11) is 0. The molecule has 100 valence electrons. The third kappa shape index (κ3) is 3.69. The number of halogens is 3. The van der Waals surface area contributed by atoms with E-state index in [4.69, 9.17) is 5.11 Å². The van der Waals surface area contributed by atoms with Gasteiger partial charge in [0, 0.05) is 11.8 Å². The van der Waals surface area contributed by atoms with Crippen molar-refractivity contribution in [3.63, 3.8) is 0 Å². The highest BCUT2D eigenvalue weighted by Gasteiger charge is 2.30. The number of aromatic nitrogens is 1. The van der Waals surface area contributed by atoms with Crippen molar-refractivity contribution in [2.45, 2.75) is 13.0 Å². The number of aliphatic hydroxyl groups is 1. The minimum absolute atomic E-state index is 0.106. The molecule has 0 amide bonds. The molecule has 2 aromatic rings. The van der Waals surface area contributed by atoms with Gasteiger partial charge in [-0.1, -0.05) is 6.07 Å². The first-order valence-corrected chi connectivity index (χ1v) is 5.40. The molecule has 0 spiro atoms. The standard InChI is InChI=1S/C13H10F3NO2/c14-13(15,16)19-11-4-2-10(3-5-11)12-6-1-9(8-18)7-17-12/h1-7,18H,8H2. The van der Waals surface area contributed by atoms with Crippen LogP contribution in [0.25, 0.3) is 11.3 Å². The minimum Gasteiger partial charge on any atom is -0.406 e. The molecule has 0 saturated carbocycles. The Hall–Kier alpha value is -2.08. The van der Waals surface area contributed by atoms with Crippen LogP contribution in [-0.4, -0.2) is 16.5 Å². The van der Waals surface area contributed by atoms with E-state index in [1.165, 1.54) is 30.5 Å². The zero-order valence-corrected chi connectivity index (χ0v) is 9.69. The summed E-state index contributed by atoms with van der Waals surface area (Å²) in [5.41, 5.74) is 1.94. The maximum absolute atomic E-state index is 12.0. The molecule has 1 aromatic heterocycles. The van der Waals surface area contributed by atoms with E-state index in [9.17, 15) is 13.2 Å². The Kier molecular flexibility index (Phi) is 3.71. The summed E-state index contributed by atoms with van der Waals surface area (Å²) >= 11 is 0. The Morgan fingerprint density at radius 3 is 2.21 bits per heavy atom. The van der Waals surface area contributed by atoms with Crippen molar-refractivity contribution in [3.05, 3.63) is 48.2 Å². The van der Waals surface area contributed by atoms with E-state index < -0.39 is 6.36 Å². The molecule has 0 radical (unpaired) electrons. The average molecular weight is 269 g/mol. The molecule has 0 aliphatic heterocycles. The lowest BCUT2D eigenvalue weighted by molar-refractivity contribution is -0.274. The summed E-state index contributed by atoms with van der Waals surface area (Å²) in [6.07, 6.45) is -3.18. The molecule has 1 heterocycles. The van der Waals surface area contributed by atoms with E-state index in [1.807, 2.05) is 0 Å². The van der Waals surface area contributed by atoms with Gasteiger partial charge in [0.1, 0.15) is 5.75 Å². The van der Waals surface area contributed by atoms with Gasteiger partial charge < -0.3 is 9.84 Å². The molecule has 3 nitrogen and oxygen atoms in total. The van der Waals surface area contributed by atoms with Crippen LogP contribution < -0.4 is 4.74 Å². The van der Waals surface area contributed by atoms with Crippen LogP contribution >= 0.6 is 0 Å². The monoisotopic (exact) mass is 269 g/mol. The van der Waals surface area contributed by atoms with Gasteiger partial charge in [0.15, 0.2) is 0 Å². The summed E-state index contributed by atoms with van der Waals surface area (Å²) in [6, 6.07) is 8.81. The summed E-state index contributed by atoms with van der Waals surface area (Å²) in [4.78, 5) is 4.10. The lowest BCUT2D eigenvalue weighted by Crippen LogP contribution is -2.16. The van der Waals surface area contributed by atoms with Crippen LogP contribution in [0, 0.1) is 0 Å². The molecular formula is C13H10F3NO2. The third-order valence-corrected chi connectivity index (χ3v) is 2.39. The summed E-state index contributed by atoms with van der Waals surface area (Å²) in [6.45, 7) is -0.106. The van der Waals surface area contributed by atoms with Crippen molar-refractivity contribution in [1.82, 2.24) is 4.98 Å². The van der Waals surface area contributed by atoms with Gasteiger partial charge in [0.05, 0.1) is 12.3 Å². The van der Waals surface area contributed by atoms with E-state index in [-0.39, 0.29) is 12.4 Å². The normalized spacial score (nSPS) is 11.4. The van der Waals surface area contributed by atoms with E-state index in [0.29, 0.717) is 16.8 Å². The quantitative estimate of drug-likeness (QED) is 0.930. The number of nitrogens with zero attached hydrogens (tertiary/aromatic N) is 1. The van der Waals surface area contributed by atoms with Crippen LogP contribution in [0.4, 0.5) is 13.2 Å². The molecule has 0 aliphatic rings. The Morgan fingerprint density at radius 1 is 1.05 bits per heavy atom. The number of benzene rings is 1.